The van der Waals surface area contributed by atoms with E-state index >= 15 is 0 Å². The van der Waals surface area contributed by atoms with E-state index < -0.39 is 6.10 Å². The summed E-state index contributed by atoms with van der Waals surface area (Å²) in [6, 6.07) is 11.0. The third-order valence-electron chi connectivity index (χ3n) is 2.73. The first-order chi connectivity index (χ1) is 9.27. The van der Waals surface area contributed by atoms with Crippen LogP contribution in [0.3, 0.4) is 0 Å². The largest absolute Gasteiger partial charge is 0.388 e. The van der Waals surface area contributed by atoms with Gasteiger partial charge in [-0.1, -0.05) is 30.3 Å². The normalized spacial score (nSPS) is 11.8. The molecule has 1 aromatic heterocycles. The number of hydrogen-bond donors (Lipinski definition) is 2. The van der Waals surface area contributed by atoms with E-state index in [4.69, 9.17) is 0 Å². The first kappa shape index (κ1) is 13.2. The van der Waals surface area contributed by atoms with E-state index in [-0.39, 0.29) is 5.91 Å². The molecule has 1 aromatic carbocycles. The zero-order valence-electron chi connectivity index (χ0n) is 10.4. The zero-order chi connectivity index (χ0) is 13.5. The summed E-state index contributed by atoms with van der Waals surface area (Å²) in [5, 5.41) is 19.9. The number of nitrogens with one attached hydrogen (secondary N) is 1. The monoisotopic (exact) mass is 257 g/mol. The molecule has 98 valence electrons. The summed E-state index contributed by atoms with van der Waals surface area (Å²) in [6.45, 7) is 0.400. The van der Waals surface area contributed by atoms with E-state index in [0.29, 0.717) is 18.5 Å². The highest BCUT2D eigenvalue weighted by molar-refractivity contribution is 5.93. The van der Waals surface area contributed by atoms with Crippen LogP contribution in [0.4, 0.5) is 0 Å². The van der Waals surface area contributed by atoms with E-state index in [9.17, 15) is 9.90 Å². The molecular weight excluding hydrogens is 242 g/mol. The van der Waals surface area contributed by atoms with Gasteiger partial charge in [0, 0.05) is 6.54 Å². The molecule has 0 aliphatic heterocycles. The number of carbonyl (C=O) groups is 1. The third kappa shape index (κ3) is 3.86. The van der Waals surface area contributed by atoms with Gasteiger partial charge in [-0.05, 0) is 18.1 Å². The number of carbonyl (C=O) groups excluding carboxylic acids is 1. The van der Waals surface area contributed by atoms with Gasteiger partial charge in [0.15, 0.2) is 0 Å². The van der Waals surface area contributed by atoms with Crippen LogP contribution in [0.25, 0.3) is 0 Å². The van der Waals surface area contributed by atoms with Gasteiger partial charge >= 0.3 is 0 Å². The Morgan fingerprint density at radius 1 is 1.21 bits per heavy atom. The predicted octanol–water partition coefficient (Wildman–Crippen LogP) is 1.33. The van der Waals surface area contributed by atoms with Crippen LogP contribution >= 0.6 is 0 Å². The van der Waals surface area contributed by atoms with Gasteiger partial charge in [0.25, 0.3) is 5.91 Å². The van der Waals surface area contributed by atoms with Crippen molar-refractivity contribution in [3.8, 4) is 0 Å². The van der Waals surface area contributed by atoms with Gasteiger partial charge < -0.3 is 10.4 Å². The fourth-order valence-electron chi connectivity index (χ4n) is 1.69. The lowest BCUT2D eigenvalue weighted by Gasteiger charge is -2.11. The number of hydrogen-bond acceptors (Lipinski definition) is 4. The van der Waals surface area contributed by atoms with Gasteiger partial charge in [0.05, 0.1) is 24.1 Å². The predicted molar refractivity (Wildman–Crippen MR) is 70.4 cm³/mol. The maximum Gasteiger partial charge on any atom is 0.252 e. The topological polar surface area (TPSA) is 75.1 Å². The highest BCUT2D eigenvalue weighted by atomic mass is 16.3. The molecule has 0 aliphatic carbocycles. The van der Waals surface area contributed by atoms with Crippen LogP contribution in [-0.2, 0) is 0 Å². The van der Waals surface area contributed by atoms with Crippen molar-refractivity contribution in [2.45, 2.75) is 12.5 Å². The summed E-state index contributed by atoms with van der Waals surface area (Å²) in [6.07, 6.45) is 2.77. The van der Waals surface area contributed by atoms with E-state index in [1.165, 1.54) is 12.4 Å². The maximum absolute atomic E-state index is 11.7. The minimum Gasteiger partial charge on any atom is -0.388 e. The van der Waals surface area contributed by atoms with Crippen LogP contribution in [-0.4, -0.2) is 27.8 Å². The lowest BCUT2D eigenvalue weighted by atomic mass is 10.1. The Kier molecular flexibility index (Phi) is 4.58. The van der Waals surface area contributed by atoms with Crippen LogP contribution in [0.5, 0.6) is 0 Å². The average Bonchev–Trinajstić information content (AvgIpc) is 2.49. The molecule has 5 nitrogen and oxygen atoms in total. The van der Waals surface area contributed by atoms with Gasteiger partial charge in [0.2, 0.25) is 0 Å². The molecule has 0 radical (unpaired) electrons. The Morgan fingerprint density at radius 2 is 2.00 bits per heavy atom. The molecule has 0 saturated carbocycles. The second kappa shape index (κ2) is 6.61. The molecule has 0 bridgehead atoms. The molecule has 2 N–H and O–H groups in total. The summed E-state index contributed by atoms with van der Waals surface area (Å²) in [5.41, 5.74) is 1.31. The van der Waals surface area contributed by atoms with Crippen molar-refractivity contribution in [3.05, 3.63) is 59.9 Å². The fourth-order valence-corrected chi connectivity index (χ4v) is 1.69. The number of aliphatic hydroxyl groups is 1. The van der Waals surface area contributed by atoms with Crippen molar-refractivity contribution in [1.82, 2.24) is 15.5 Å². The lowest BCUT2D eigenvalue weighted by molar-refractivity contribution is 0.0942. The van der Waals surface area contributed by atoms with Crippen molar-refractivity contribution < 1.29 is 9.90 Å². The number of nitrogens with zero attached hydrogens (tertiary/aromatic N) is 2. The summed E-state index contributed by atoms with van der Waals surface area (Å²) < 4.78 is 0. The molecule has 1 amide bonds. The van der Waals surface area contributed by atoms with E-state index in [2.05, 4.69) is 15.5 Å². The smallest absolute Gasteiger partial charge is 0.252 e. The number of aromatic nitrogens is 2. The highest BCUT2D eigenvalue weighted by Gasteiger charge is 2.08. The molecule has 1 heterocycles. The molecule has 0 aliphatic rings. The van der Waals surface area contributed by atoms with Crippen LogP contribution < -0.4 is 5.32 Å². The van der Waals surface area contributed by atoms with Gasteiger partial charge in [0.1, 0.15) is 0 Å². The number of amides is 1. The summed E-state index contributed by atoms with van der Waals surface area (Å²) >= 11 is 0. The second-order valence-corrected chi connectivity index (χ2v) is 4.10. The van der Waals surface area contributed by atoms with Gasteiger partial charge in [-0.15, -0.1) is 0 Å². The molecule has 19 heavy (non-hydrogen) atoms. The Balaban J connectivity index is 1.79. The van der Waals surface area contributed by atoms with Crippen molar-refractivity contribution in [3.63, 3.8) is 0 Å². The van der Waals surface area contributed by atoms with Crippen molar-refractivity contribution in [2.24, 2.45) is 0 Å². The van der Waals surface area contributed by atoms with Crippen LogP contribution in [0.1, 0.15) is 28.4 Å². The van der Waals surface area contributed by atoms with Gasteiger partial charge in [-0.3, -0.25) is 4.79 Å². The second-order valence-electron chi connectivity index (χ2n) is 4.10. The molecule has 1 unspecified atom stereocenters. The quantitative estimate of drug-likeness (QED) is 0.847. The maximum atomic E-state index is 11.7. The number of aliphatic hydroxyl groups excluding tert-OH is 1. The lowest BCUT2D eigenvalue weighted by Crippen LogP contribution is -2.25. The van der Waals surface area contributed by atoms with Crippen molar-refractivity contribution >= 4 is 5.91 Å². The number of rotatable bonds is 5. The van der Waals surface area contributed by atoms with Crippen molar-refractivity contribution in [1.29, 1.82) is 0 Å². The van der Waals surface area contributed by atoms with E-state index in [0.717, 1.165) is 5.56 Å². The Bertz CT molecular complexity index is 517. The summed E-state index contributed by atoms with van der Waals surface area (Å²) in [7, 11) is 0. The molecule has 2 rings (SSSR count). The van der Waals surface area contributed by atoms with E-state index in [1.54, 1.807) is 6.07 Å². The fraction of sp³-hybridized carbons (Fsp3) is 0.214. The number of benzene rings is 1. The Morgan fingerprint density at radius 3 is 2.68 bits per heavy atom. The summed E-state index contributed by atoms with van der Waals surface area (Å²) in [5.74, 6) is -0.213. The van der Waals surface area contributed by atoms with Crippen molar-refractivity contribution in [2.75, 3.05) is 6.54 Å². The van der Waals surface area contributed by atoms with Gasteiger partial charge in [-0.2, -0.15) is 10.2 Å². The first-order valence-corrected chi connectivity index (χ1v) is 6.05. The standard InChI is InChI=1S/C14H15N3O2/c18-13(11-4-2-1-3-5-11)7-8-15-14(19)12-6-9-16-17-10-12/h1-6,9-10,13,18H,7-8H2,(H,15,19). The summed E-state index contributed by atoms with van der Waals surface area (Å²) in [4.78, 5) is 11.7. The highest BCUT2D eigenvalue weighted by Crippen LogP contribution is 2.14. The zero-order valence-corrected chi connectivity index (χ0v) is 10.4. The van der Waals surface area contributed by atoms with Crippen LogP contribution in [0.2, 0.25) is 0 Å². The minimum absolute atomic E-state index is 0.213. The third-order valence-corrected chi connectivity index (χ3v) is 2.73. The molecule has 0 spiro atoms. The first-order valence-electron chi connectivity index (χ1n) is 6.05. The molecular formula is C14H15N3O2. The van der Waals surface area contributed by atoms with Gasteiger partial charge in [-0.25, -0.2) is 0 Å². The van der Waals surface area contributed by atoms with Crippen LogP contribution in [0, 0.1) is 0 Å². The Hall–Kier alpha value is -2.27. The Labute approximate surface area is 111 Å². The average molecular weight is 257 g/mol. The van der Waals surface area contributed by atoms with Crippen LogP contribution in [0.15, 0.2) is 48.8 Å². The van der Waals surface area contributed by atoms with E-state index in [1.807, 2.05) is 30.3 Å². The molecule has 2 aromatic rings. The molecule has 5 heteroatoms. The minimum atomic E-state index is -0.572. The molecule has 0 saturated heterocycles. The SMILES string of the molecule is O=C(NCCC(O)c1ccccc1)c1ccnnc1. The molecule has 0 fully saturated rings. The molecule has 1 atom stereocenters.